The molecule has 0 amide bonds. The van der Waals surface area contributed by atoms with Gasteiger partial charge in [-0.2, -0.15) is 13.2 Å². The topological polar surface area (TPSA) is 15.3 Å². The van der Waals surface area contributed by atoms with Crippen molar-refractivity contribution in [2.24, 2.45) is 5.92 Å². The van der Waals surface area contributed by atoms with Crippen molar-refractivity contribution in [3.8, 4) is 0 Å². The lowest BCUT2D eigenvalue weighted by molar-refractivity contribution is -0.137. The fourth-order valence-corrected chi connectivity index (χ4v) is 3.64. The van der Waals surface area contributed by atoms with Gasteiger partial charge in [-0.05, 0) is 56.0 Å². The van der Waals surface area contributed by atoms with E-state index in [9.17, 15) is 13.2 Å². The third-order valence-corrected chi connectivity index (χ3v) is 4.98. The van der Waals surface area contributed by atoms with Gasteiger partial charge in [0.2, 0.25) is 0 Å². The predicted molar refractivity (Wildman–Crippen MR) is 80.9 cm³/mol. The number of hydrogen-bond acceptors (Lipinski definition) is 2. The zero-order chi connectivity index (χ0) is 16.5. The Labute approximate surface area is 133 Å². The van der Waals surface area contributed by atoms with E-state index in [0.29, 0.717) is 12.5 Å². The molecule has 0 bridgehead atoms. The Balaban J connectivity index is 1.68. The number of alkyl halides is 4. The van der Waals surface area contributed by atoms with Crippen molar-refractivity contribution < 1.29 is 17.6 Å². The van der Waals surface area contributed by atoms with Gasteiger partial charge in [-0.1, -0.05) is 12.1 Å². The summed E-state index contributed by atoms with van der Waals surface area (Å²) in [6.45, 7) is 3.63. The fourth-order valence-electron chi connectivity index (χ4n) is 3.64. The van der Waals surface area contributed by atoms with E-state index in [0.717, 1.165) is 44.6 Å². The molecule has 2 saturated heterocycles. The highest BCUT2D eigenvalue weighted by atomic mass is 19.4. The minimum absolute atomic E-state index is 0.153. The summed E-state index contributed by atoms with van der Waals surface area (Å²) in [6.07, 6.45) is -2.00. The summed E-state index contributed by atoms with van der Waals surface area (Å²) in [5, 5.41) is 3.30. The maximum atomic E-state index is 15.2. The normalized spacial score (nSPS) is 27.5. The molecule has 2 fully saturated rings. The van der Waals surface area contributed by atoms with E-state index in [1.165, 1.54) is 12.1 Å². The van der Waals surface area contributed by atoms with Crippen molar-refractivity contribution >= 4 is 0 Å². The van der Waals surface area contributed by atoms with Gasteiger partial charge in [0.1, 0.15) is 5.67 Å². The van der Waals surface area contributed by atoms with Crippen LogP contribution >= 0.6 is 0 Å². The molecule has 1 N–H and O–H groups in total. The number of halogens is 4. The van der Waals surface area contributed by atoms with E-state index in [4.69, 9.17) is 0 Å². The number of benzene rings is 1. The zero-order valence-electron chi connectivity index (χ0n) is 13.0. The van der Waals surface area contributed by atoms with E-state index >= 15 is 4.39 Å². The third-order valence-electron chi connectivity index (χ3n) is 4.98. The molecule has 6 heteroatoms. The van der Waals surface area contributed by atoms with E-state index in [-0.39, 0.29) is 18.5 Å². The number of piperidine rings is 1. The molecule has 0 aliphatic carbocycles. The van der Waals surface area contributed by atoms with Crippen molar-refractivity contribution in [2.75, 3.05) is 32.7 Å². The molecule has 1 unspecified atom stereocenters. The van der Waals surface area contributed by atoms with Gasteiger partial charge in [-0.25, -0.2) is 4.39 Å². The smallest absolute Gasteiger partial charge is 0.317 e. The summed E-state index contributed by atoms with van der Waals surface area (Å²) in [5.41, 5.74) is -2.29. The van der Waals surface area contributed by atoms with Crippen molar-refractivity contribution in [2.45, 2.75) is 31.1 Å². The standard InChI is InChI=1S/C17H22F4N2/c18-16(14-2-1-3-15(10-14)17(19,20)21)6-9-23(12-16)11-13-4-7-22-8-5-13/h1-3,10,13,22H,4-9,11-12H2. The first kappa shape index (κ1) is 16.7. The number of rotatable bonds is 3. The second kappa shape index (κ2) is 6.40. The first-order chi connectivity index (χ1) is 10.9. The van der Waals surface area contributed by atoms with Crippen LogP contribution < -0.4 is 5.32 Å². The highest BCUT2D eigenvalue weighted by molar-refractivity contribution is 5.31. The molecule has 23 heavy (non-hydrogen) atoms. The van der Waals surface area contributed by atoms with Crippen molar-refractivity contribution in [1.82, 2.24) is 10.2 Å². The summed E-state index contributed by atoms with van der Waals surface area (Å²) >= 11 is 0. The van der Waals surface area contributed by atoms with Crippen LogP contribution in [0.25, 0.3) is 0 Å². The predicted octanol–water partition coefficient (Wildman–Crippen LogP) is 3.58. The highest BCUT2D eigenvalue weighted by Gasteiger charge is 2.41. The fraction of sp³-hybridized carbons (Fsp3) is 0.647. The van der Waals surface area contributed by atoms with E-state index in [1.807, 2.05) is 0 Å². The summed E-state index contributed by atoms with van der Waals surface area (Å²) in [5.74, 6) is 0.556. The van der Waals surface area contributed by atoms with Gasteiger partial charge >= 0.3 is 6.18 Å². The van der Waals surface area contributed by atoms with E-state index in [2.05, 4.69) is 10.2 Å². The molecule has 128 valence electrons. The summed E-state index contributed by atoms with van der Waals surface area (Å²) in [7, 11) is 0. The molecule has 2 nitrogen and oxygen atoms in total. The van der Waals surface area contributed by atoms with Crippen LogP contribution in [-0.4, -0.2) is 37.6 Å². The Morgan fingerprint density at radius 1 is 1.22 bits per heavy atom. The number of hydrogen-bond donors (Lipinski definition) is 1. The average molecular weight is 330 g/mol. The zero-order valence-corrected chi connectivity index (χ0v) is 13.0. The Hall–Kier alpha value is -1.14. The molecule has 2 aliphatic heterocycles. The quantitative estimate of drug-likeness (QED) is 0.852. The van der Waals surface area contributed by atoms with Gasteiger partial charge in [0.15, 0.2) is 0 Å². The van der Waals surface area contributed by atoms with Crippen LogP contribution in [0.5, 0.6) is 0 Å². The number of nitrogens with one attached hydrogen (secondary N) is 1. The lowest BCUT2D eigenvalue weighted by atomic mass is 9.93. The SMILES string of the molecule is FC(F)(F)c1cccc(C2(F)CCN(CC3CCNCC3)C2)c1. The van der Waals surface area contributed by atoms with Gasteiger partial charge in [0, 0.05) is 19.6 Å². The van der Waals surface area contributed by atoms with Crippen molar-refractivity contribution in [3.05, 3.63) is 35.4 Å². The Kier molecular flexibility index (Phi) is 4.65. The molecule has 0 radical (unpaired) electrons. The molecule has 3 rings (SSSR count). The summed E-state index contributed by atoms with van der Waals surface area (Å²) in [6, 6.07) is 4.74. The molecule has 0 spiro atoms. The Morgan fingerprint density at radius 3 is 2.65 bits per heavy atom. The Bertz CT molecular complexity index is 540. The van der Waals surface area contributed by atoms with Crippen LogP contribution in [0, 0.1) is 5.92 Å². The largest absolute Gasteiger partial charge is 0.416 e. The molecular formula is C17H22F4N2. The minimum atomic E-state index is -4.43. The van der Waals surface area contributed by atoms with Gasteiger partial charge in [0.05, 0.1) is 5.56 Å². The lowest BCUT2D eigenvalue weighted by Gasteiger charge is -2.28. The van der Waals surface area contributed by atoms with Crippen LogP contribution in [-0.2, 0) is 11.8 Å². The van der Waals surface area contributed by atoms with Gasteiger partial charge in [-0.15, -0.1) is 0 Å². The molecule has 0 aromatic heterocycles. The maximum absolute atomic E-state index is 15.2. The second-order valence-corrected chi connectivity index (χ2v) is 6.72. The van der Waals surface area contributed by atoms with E-state index in [1.54, 1.807) is 0 Å². The second-order valence-electron chi connectivity index (χ2n) is 6.72. The highest BCUT2D eigenvalue weighted by Crippen LogP contribution is 2.39. The van der Waals surface area contributed by atoms with Crippen LogP contribution in [0.15, 0.2) is 24.3 Å². The van der Waals surface area contributed by atoms with Gasteiger partial charge in [-0.3, -0.25) is 4.90 Å². The third kappa shape index (κ3) is 3.86. The van der Waals surface area contributed by atoms with Crippen LogP contribution in [0.2, 0.25) is 0 Å². The minimum Gasteiger partial charge on any atom is -0.317 e. The molecular weight excluding hydrogens is 308 g/mol. The number of nitrogens with zero attached hydrogens (tertiary/aromatic N) is 1. The molecule has 1 aromatic rings. The van der Waals surface area contributed by atoms with Crippen LogP contribution in [0.1, 0.15) is 30.4 Å². The molecule has 1 atom stereocenters. The average Bonchev–Trinajstić information content (AvgIpc) is 2.90. The lowest BCUT2D eigenvalue weighted by Crippen LogP contribution is -2.36. The molecule has 1 aromatic carbocycles. The first-order valence-corrected chi connectivity index (χ1v) is 8.16. The summed E-state index contributed by atoms with van der Waals surface area (Å²) in [4.78, 5) is 2.07. The molecule has 2 aliphatic rings. The first-order valence-electron chi connectivity index (χ1n) is 8.16. The van der Waals surface area contributed by atoms with Crippen LogP contribution in [0.4, 0.5) is 17.6 Å². The van der Waals surface area contributed by atoms with Crippen molar-refractivity contribution in [1.29, 1.82) is 0 Å². The summed E-state index contributed by atoms with van der Waals surface area (Å²) < 4.78 is 53.7. The van der Waals surface area contributed by atoms with Crippen LogP contribution in [0.3, 0.4) is 0 Å². The Morgan fingerprint density at radius 2 is 1.96 bits per heavy atom. The molecule has 0 saturated carbocycles. The van der Waals surface area contributed by atoms with E-state index < -0.39 is 17.4 Å². The van der Waals surface area contributed by atoms with Gasteiger partial charge < -0.3 is 5.32 Å². The molecule has 2 heterocycles. The number of likely N-dealkylation sites (tertiary alicyclic amines) is 1. The van der Waals surface area contributed by atoms with Gasteiger partial charge in [0.25, 0.3) is 0 Å². The maximum Gasteiger partial charge on any atom is 0.416 e. The monoisotopic (exact) mass is 330 g/mol. The van der Waals surface area contributed by atoms with Crippen molar-refractivity contribution in [3.63, 3.8) is 0 Å².